The molecule has 0 aliphatic carbocycles. The van der Waals surface area contributed by atoms with Gasteiger partial charge in [-0.2, -0.15) is 0 Å². The van der Waals surface area contributed by atoms with E-state index in [2.05, 4.69) is 15.0 Å². The van der Waals surface area contributed by atoms with E-state index in [9.17, 15) is 19.8 Å². The summed E-state index contributed by atoms with van der Waals surface area (Å²) in [5.41, 5.74) is 7.41. The van der Waals surface area contributed by atoms with Gasteiger partial charge in [0.05, 0.1) is 24.1 Å². The summed E-state index contributed by atoms with van der Waals surface area (Å²) in [6, 6.07) is 6.69. The zero-order valence-electron chi connectivity index (χ0n) is 17.4. The van der Waals surface area contributed by atoms with Crippen molar-refractivity contribution < 1.29 is 29.3 Å². The van der Waals surface area contributed by atoms with Gasteiger partial charge in [-0.05, 0) is 18.6 Å². The molecule has 0 radical (unpaired) electrons. The van der Waals surface area contributed by atoms with Gasteiger partial charge in [-0.1, -0.05) is 12.1 Å². The van der Waals surface area contributed by atoms with Gasteiger partial charge in [0.15, 0.2) is 17.7 Å². The minimum Gasteiger partial charge on any atom is -0.394 e. The number of carbonyl (C=O) groups excluding carboxylic acids is 2. The van der Waals surface area contributed by atoms with Crippen LogP contribution in [0.1, 0.15) is 33.4 Å². The highest BCUT2D eigenvalue weighted by Gasteiger charge is 2.46. The van der Waals surface area contributed by atoms with Gasteiger partial charge in [-0.3, -0.25) is 19.1 Å². The maximum Gasteiger partial charge on any atom is 0.261 e. The van der Waals surface area contributed by atoms with Crippen LogP contribution in [0.25, 0.3) is 11.2 Å². The molecule has 4 heterocycles. The van der Waals surface area contributed by atoms with E-state index in [1.807, 2.05) is 0 Å². The van der Waals surface area contributed by atoms with Crippen molar-refractivity contribution in [1.29, 1.82) is 0 Å². The summed E-state index contributed by atoms with van der Waals surface area (Å²) >= 11 is 0. The fourth-order valence-electron chi connectivity index (χ4n) is 4.21. The number of aliphatic hydroxyl groups excluding tert-OH is 2. The Labute approximate surface area is 187 Å². The third kappa shape index (κ3) is 3.53. The molecule has 12 nitrogen and oxygen atoms in total. The third-order valence-electron chi connectivity index (χ3n) is 5.87. The summed E-state index contributed by atoms with van der Waals surface area (Å²) < 4.78 is 13.3. The molecule has 4 atom stereocenters. The van der Waals surface area contributed by atoms with Crippen molar-refractivity contribution in [2.24, 2.45) is 0 Å². The first-order valence-electron chi connectivity index (χ1n) is 10.5. The van der Waals surface area contributed by atoms with Crippen molar-refractivity contribution in [1.82, 2.24) is 24.4 Å². The Bertz CT molecular complexity index is 1180. The fraction of sp³-hybridized carbons (Fsp3) is 0.381. The molecule has 0 unspecified atom stereocenters. The average molecular weight is 454 g/mol. The van der Waals surface area contributed by atoms with Crippen molar-refractivity contribution in [3.05, 3.63) is 48.0 Å². The van der Waals surface area contributed by atoms with Gasteiger partial charge >= 0.3 is 0 Å². The molecule has 2 aromatic heterocycles. The van der Waals surface area contributed by atoms with Crippen LogP contribution >= 0.6 is 0 Å². The minimum atomic E-state index is -1.11. The van der Waals surface area contributed by atoms with Crippen molar-refractivity contribution in [2.45, 2.75) is 31.0 Å². The molecule has 1 saturated heterocycles. The smallest absolute Gasteiger partial charge is 0.261 e. The standard InChI is InChI=1S/C21H22N6O6/c22-17-14-18(24-9-23-17)27(10-25-14)21-16(15(29)13(8-28)33-21)32-7-3-6-26-19(30)11-4-1-2-5-12(11)20(26)31/h1-2,4-5,9-10,13,15-16,21,28-29H,3,6-8H2,(H2,22,23,24)/t13-,15-,16-,21-/m1/s1. The number of nitrogens with two attached hydrogens (primary N) is 1. The lowest BCUT2D eigenvalue weighted by molar-refractivity contribution is -0.0712. The number of carbonyl (C=O) groups is 2. The highest BCUT2D eigenvalue weighted by atomic mass is 16.6. The molecule has 5 rings (SSSR count). The highest BCUT2D eigenvalue weighted by molar-refractivity contribution is 6.21. The zero-order chi connectivity index (χ0) is 23.1. The predicted octanol–water partition coefficient (Wildman–Crippen LogP) is -0.269. The van der Waals surface area contributed by atoms with Crippen molar-refractivity contribution >= 4 is 28.8 Å². The number of fused-ring (bicyclic) bond motifs is 2. The fourth-order valence-corrected chi connectivity index (χ4v) is 4.21. The molecule has 0 spiro atoms. The summed E-state index contributed by atoms with van der Waals surface area (Å²) in [7, 11) is 0. The van der Waals surface area contributed by atoms with E-state index < -0.39 is 31.1 Å². The minimum absolute atomic E-state index is 0.136. The quantitative estimate of drug-likeness (QED) is 0.319. The first-order valence-corrected chi connectivity index (χ1v) is 10.5. The van der Waals surface area contributed by atoms with Gasteiger partial charge < -0.3 is 25.4 Å². The van der Waals surface area contributed by atoms with Crippen LogP contribution in [-0.4, -0.2) is 84.5 Å². The summed E-state index contributed by atoms with van der Waals surface area (Å²) in [6.07, 6.45) is -0.548. The lowest BCUT2D eigenvalue weighted by Gasteiger charge is -2.22. The van der Waals surface area contributed by atoms with Crippen molar-refractivity contribution in [2.75, 3.05) is 25.5 Å². The average Bonchev–Trinajstić information content (AvgIpc) is 3.46. The highest BCUT2D eigenvalue weighted by Crippen LogP contribution is 2.34. The number of benzene rings is 1. The van der Waals surface area contributed by atoms with Crippen LogP contribution in [0.4, 0.5) is 5.82 Å². The summed E-state index contributed by atoms with van der Waals surface area (Å²) in [4.78, 5) is 38.5. The number of hydrogen-bond donors (Lipinski definition) is 3. The second-order valence-electron chi connectivity index (χ2n) is 7.82. The molecule has 3 aromatic rings. The number of hydrogen-bond acceptors (Lipinski definition) is 10. The molecule has 12 heteroatoms. The van der Waals surface area contributed by atoms with E-state index in [0.717, 1.165) is 0 Å². The number of imide groups is 1. The molecule has 2 amide bonds. The van der Waals surface area contributed by atoms with E-state index in [4.69, 9.17) is 15.2 Å². The monoisotopic (exact) mass is 454 g/mol. The molecule has 1 aromatic carbocycles. The Hall–Kier alpha value is -3.45. The molecule has 2 aliphatic rings. The summed E-state index contributed by atoms with van der Waals surface area (Å²) in [5, 5.41) is 20.2. The topological polar surface area (TPSA) is 166 Å². The number of nitrogens with zero attached hydrogens (tertiary/aromatic N) is 5. The number of aliphatic hydroxyl groups is 2. The summed E-state index contributed by atoms with van der Waals surface area (Å²) in [5.74, 6) is -0.463. The Balaban J connectivity index is 1.27. The van der Waals surface area contributed by atoms with Gasteiger partial charge in [-0.15, -0.1) is 0 Å². The van der Waals surface area contributed by atoms with Crippen LogP contribution in [-0.2, 0) is 9.47 Å². The third-order valence-corrected chi connectivity index (χ3v) is 5.87. The number of nitrogen functional groups attached to an aromatic ring is 1. The molecule has 1 fully saturated rings. The van der Waals surface area contributed by atoms with Crippen molar-refractivity contribution in [3.8, 4) is 0 Å². The van der Waals surface area contributed by atoms with Gasteiger partial charge in [-0.25, -0.2) is 15.0 Å². The second kappa shape index (κ2) is 8.48. The predicted molar refractivity (Wildman–Crippen MR) is 113 cm³/mol. The van der Waals surface area contributed by atoms with Crippen LogP contribution in [0.15, 0.2) is 36.9 Å². The number of ether oxygens (including phenoxy) is 2. The van der Waals surface area contributed by atoms with Gasteiger partial charge in [0, 0.05) is 13.2 Å². The normalized spacial score (nSPS) is 24.7. The summed E-state index contributed by atoms with van der Waals surface area (Å²) in [6.45, 7) is -0.102. The SMILES string of the molecule is Nc1ncnc2c1ncn2[C@@H]1O[C@H](CO)[C@@H](O)[C@H]1OCCCN1C(=O)c2ccccc2C1=O. The molecular formula is C21H22N6O6. The molecular weight excluding hydrogens is 432 g/mol. The number of amides is 2. The van der Waals surface area contributed by atoms with E-state index in [0.29, 0.717) is 28.7 Å². The van der Waals surface area contributed by atoms with Crippen LogP contribution in [0.2, 0.25) is 0 Å². The van der Waals surface area contributed by atoms with E-state index >= 15 is 0 Å². The lowest BCUT2D eigenvalue weighted by Crippen LogP contribution is -2.36. The van der Waals surface area contributed by atoms with E-state index in [-0.39, 0.29) is 30.8 Å². The van der Waals surface area contributed by atoms with Gasteiger partial charge in [0.2, 0.25) is 0 Å². The van der Waals surface area contributed by atoms with Crippen molar-refractivity contribution in [3.63, 3.8) is 0 Å². The molecule has 0 bridgehead atoms. The van der Waals surface area contributed by atoms with Crippen LogP contribution in [0.3, 0.4) is 0 Å². The first-order chi connectivity index (χ1) is 16.0. The second-order valence-corrected chi connectivity index (χ2v) is 7.82. The Morgan fingerprint density at radius 2 is 1.85 bits per heavy atom. The number of rotatable bonds is 7. The Kier molecular flexibility index (Phi) is 5.50. The molecule has 33 heavy (non-hydrogen) atoms. The maximum atomic E-state index is 12.5. The first kappa shape index (κ1) is 21.4. The van der Waals surface area contributed by atoms with Crippen LogP contribution in [0, 0.1) is 0 Å². The molecule has 0 saturated carbocycles. The molecule has 172 valence electrons. The zero-order valence-corrected chi connectivity index (χ0v) is 17.4. The maximum absolute atomic E-state index is 12.5. The van der Waals surface area contributed by atoms with Gasteiger partial charge in [0.1, 0.15) is 30.2 Å². The Morgan fingerprint density at radius 3 is 2.55 bits per heavy atom. The Morgan fingerprint density at radius 1 is 1.12 bits per heavy atom. The number of aromatic nitrogens is 4. The van der Waals surface area contributed by atoms with E-state index in [1.165, 1.54) is 17.6 Å². The number of anilines is 1. The molecule has 2 aliphatic heterocycles. The number of imidazole rings is 1. The largest absolute Gasteiger partial charge is 0.394 e. The van der Waals surface area contributed by atoms with E-state index in [1.54, 1.807) is 28.8 Å². The van der Waals surface area contributed by atoms with Gasteiger partial charge in [0.25, 0.3) is 11.8 Å². The lowest BCUT2D eigenvalue weighted by atomic mass is 10.1. The van der Waals surface area contributed by atoms with Crippen LogP contribution in [0.5, 0.6) is 0 Å². The van der Waals surface area contributed by atoms with Crippen LogP contribution < -0.4 is 5.73 Å². The molecule has 4 N–H and O–H groups in total.